The van der Waals surface area contributed by atoms with Crippen LogP contribution in [-0.2, 0) is 4.79 Å². The van der Waals surface area contributed by atoms with E-state index in [1.54, 1.807) is 25.1 Å². The van der Waals surface area contributed by atoms with Gasteiger partial charge in [0.1, 0.15) is 0 Å². The van der Waals surface area contributed by atoms with Crippen molar-refractivity contribution >= 4 is 17.5 Å². The third-order valence-corrected chi connectivity index (χ3v) is 5.04. The van der Waals surface area contributed by atoms with Gasteiger partial charge in [0.05, 0.1) is 0 Å². The summed E-state index contributed by atoms with van der Waals surface area (Å²) < 4.78 is 0. The van der Waals surface area contributed by atoms with Crippen LogP contribution in [0.1, 0.15) is 54.4 Å². The average Bonchev–Trinajstić information content (AvgIpc) is 2.56. The SMILES string of the molecule is Cc1ccc(NC(=O)CC2(CN)CCCCC2)cc1C(=O)N(C)C. The number of amides is 2. The van der Waals surface area contributed by atoms with Crippen LogP contribution in [-0.4, -0.2) is 37.4 Å². The highest BCUT2D eigenvalue weighted by Crippen LogP contribution is 2.38. The van der Waals surface area contributed by atoms with Crippen LogP contribution in [0.25, 0.3) is 0 Å². The van der Waals surface area contributed by atoms with Crippen molar-refractivity contribution in [3.8, 4) is 0 Å². The van der Waals surface area contributed by atoms with E-state index in [9.17, 15) is 9.59 Å². The van der Waals surface area contributed by atoms with Crippen LogP contribution in [0.2, 0.25) is 0 Å². The van der Waals surface area contributed by atoms with Crippen molar-refractivity contribution in [3.05, 3.63) is 29.3 Å². The van der Waals surface area contributed by atoms with Crippen molar-refractivity contribution in [3.63, 3.8) is 0 Å². The first kappa shape index (κ1) is 18.5. The normalized spacial score (nSPS) is 16.5. The molecule has 1 saturated carbocycles. The third-order valence-electron chi connectivity index (χ3n) is 5.04. The number of anilines is 1. The number of benzene rings is 1. The molecule has 5 heteroatoms. The molecular weight excluding hydrogens is 302 g/mol. The Morgan fingerprint density at radius 1 is 1.21 bits per heavy atom. The van der Waals surface area contributed by atoms with Crippen LogP contribution in [0.3, 0.4) is 0 Å². The molecule has 5 nitrogen and oxygen atoms in total. The lowest BCUT2D eigenvalue weighted by molar-refractivity contribution is -0.118. The van der Waals surface area contributed by atoms with Crippen LogP contribution < -0.4 is 11.1 Å². The summed E-state index contributed by atoms with van der Waals surface area (Å²) in [6.07, 6.45) is 6.03. The van der Waals surface area contributed by atoms with Gasteiger partial charge in [-0.1, -0.05) is 25.3 Å². The number of nitrogens with zero attached hydrogens (tertiary/aromatic N) is 1. The minimum atomic E-state index is -0.0608. The standard InChI is InChI=1S/C19H29N3O2/c1-14-7-8-15(11-16(14)18(24)22(2)3)21-17(23)12-19(13-20)9-5-4-6-10-19/h7-8,11H,4-6,9-10,12-13,20H2,1-3H3,(H,21,23). The number of aryl methyl sites for hydroxylation is 1. The van der Waals surface area contributed by atoms with Crippen LogP contribution in [0, 0.1) is 12.3 Å². The summed E-state index contributed by atoms with van der Waals surface area (Å²) in [7, 11) is 3.45. The van der Waals surface area contributed by atoms with Crippen molar-refractivity contribution in [2.75, 3.05) is 26.0 Å². The predicted octanol–water partition coefficient (Wildman–Crippen LogP) is 2.93. The zero-order valence-electron chi connectivity index (χ0n) is 15.0. The third kappa shape index (κ3) is 4.35. The molecule has 0 unspecified atom stereocenters. The second-order valence-electron chi connectivity index (χ2n) is 7.22. The topological polar surface area (TPSA) is 75.4 Å². The number of carbonyl (C=O) groups is 2. The first-order chi connectivity index (χ1) is 11.4. The van der Waals surface area contributed by atoms with E-state index in [1.807, 2.05) is 19.1 Å². The van der Waals surface area contributed by atoms with Crippen LogP contribution in [0.15, 0.2) is 18.2 Å². The maximum atomic E-state index is 12.5. The molecule has 132 valence electrons. The van der Waals surface area contributed by atoms with Gasteiger partial charge >= 0.3 is 0 Å². The molecular formula is C19H29N3O2. The molecule has 0 aromatic heterocycles. The van der Waals surface area contributed by atoms with Gasteiger partial charge in [-0.25, -0.2) is 0 Å². The summed E-state index contributed by atoms with van der Waals surface area (Å²) in [5.41, 5.74) is 8.09. The zero-order valence-corrected chi connectivity index (χ0v) is 15.0. The van der Waals surface area contributed by atoms with Crippen molar-refractivity contribution in [2.45, 2.75) is 45.4 Å². The summed E-state index contributed by atoms with van der Waals surface area (Å²) in [5, 5.41) is 2.94. The van der Waals surface area contributed by atoms with Gasteiger partial charge in [0.25, 0.3) is 5.91 Å². The molecule has 0 atom stereocenters. The lowest BCUT2D eigenvalue weighted by Crippen LogP contribution is -2.36. The Hall–Kier alpha value is -1.88. The van der Waals surface area contributed by atoms with Gasteiger partial charge in [0, 0.05) is 31.8 Å². The molecule has 0 saturated heterocycles. The van der Waals surface area contributed by atoms with Crippen LogP contribution in [0.4, 0.5) is 5.69 Å². The Kier molecular flexibility index (Phi) is 5.99. The second kappa shape index (κ2) is 7.79. The van der Waals surface area contributed by atoms with Crippen molar-refractivity contribution in [2.24, 2.45) is 11.1 Å². The number of rotatable bonds is 5. The monoisotopic (exact) mass is 331 g/mol. The fourth-order valence-corrected chi connectivity index (χ4v) is 3.47. The number of nitrogens with one attached hydrogen (secondary N) is 1. The number of hydrogen-bond acceptors (Lipinski definition) is 3. The van der Waals surface area contributed by atoms with Gasteiger partial charge in [0.2, 0.25) is 5.91 Å². The molecule has 24 heavy (non-hydrogen) atoms. The van der Waals surface area contributed by atoms with Crippen molar-refractivity contribution in [1.29, 1.82) is 0 Å². The van der Waals surface area contributed by atoms with E-state index < -0.39 is 0 Å². The van der Waals surface area contributed by atoms with Crippen LogP contribution >= 0.6 is 0 Å². The molecule has 0 heterocycles. The molecule has 1 aromatic carbocycles. The Labute approximate surface area is 144 Å². The highest BCUT2D eigenvalue weighted by molar-refractivity contribution is 5.98. The van der Waals surface area contributed by atoms with E-state index >= 15 is 0 Å². The zero-order chi connectivity index (χ0) is 17.7. The van der Waals surface area contributed by atoms with E-state index in [0.29, 0.717) is 24.2 Å². The molecule has 2 amide bonds. The average molecular weight is 331 g/mol. The van der Waals surface area contributed by atoms with Gasteiger partial charge in [-0.2, -0.15) is 0 Å². The fraction of sp³-hybridized carbons (Fsp3) is 0.579. The van der Waals surface area contributed by atoms with E-state index in [2.05, 4.69) is 5.32 Å². The van der Waals surface area contributed by atoms with E-state index in [-0.39, 0.29) is 17.2 Å². The maximum absolute atomic E-state index is 12.5. The molecule has 1 aliphatic rings. The Balaban J connectivity index is 2.09. The Bertz CT molecular complexity index is 605. The Morgan fingerprint density at radius 2 is 1.88 bits per heavy atom. The lowest BCUT2D eigenvalue weighted by atomic mass is 9.71. The largest absolute Gasteiger partial charge is 0.345 e. The quantitative estimate of drug-likeness (QED) is 0.871. The molecule has 0 spiro atoms. The van der Waals surface area contributed by atoms with Gasteiger partial charge < -0.3 is 16.0 Å². The smallest absolute Gasteiger partial charge is 0.253 e. The van der Waals surface area contributed by atoms with E-state index in [1.165, 1.54) is 6.42 Å². The molecule has 0 bridgehead atoms. The summed E-state index contributed by atoms with van der Waals surface area (Å²) in [4.78, 5) is 26.2. The number of nitrogens with two attached hydrogens (primary N) is 1. The Morgan fingerprint density at radius 3 is 2.46 bits per heavy atom. The van der Waals surface area contributed by atoms with E-state index in [4.69, 9.17) is 5.73 Å². The van der Waals surface area contributed by atoms with Gasteiger partial charge in [-0.05, 0) is 49.4 Å². The van der Waals surface area contributed by atoms with Crippen LogP contribution in [0.5, 0.6) is 0 Å². The lowest BCUT2D eigenvalue weighted by Gasteiger charge is -2.35. The molecule has 0 aliphatic heterocycles. The second-order valence-corrected chi connectivity index (χ2v) is 7.22. The molecule has 0 radical (unpaired) electrons. The van der Waals surface area contributed by atoms with Gasteiger partial charge in [-0.3, -0.25) is 9.59 Å². The molecule has 1 aliphatic carbocycles. The summed E-state index contributed by atoms with van der Waals surface area (Å²) in [5.74, 6) is -0.0798. The van der Waals surface area contributed by atoms with E-state index in [0.717, 1.165) is 31.2 Å². The van der Waals surface area contributed by atoms with Gasteiger partial charge in [0.15, 0.2) is 0 Å². The molecule has 2 rings (SSSR count). The highest BCUT2D eigenvalue weighted by Gasteiger charge is 2.33. The predicted molar refractivity (Wildman–Crippen MR) is 97.0 cm³/mol. The highest BCUT2D eigenvalue weighted by atomic mass is 16.2. The summed E-state index contributed by atoms with van der Waals surface area (Å²) in [6.45, 7) is 2.45. The van der Waals surface area contributed by atoms with Crippen molar-refractivity contribution < 1.29 is 9.59 Å². The molecule has 3 N–H and O–H groups in total. The number of carbonyl (C=O) groups excluding carboxylic acids is 2. The number of hydrogen-bond donors (Lipinski definition) is 2. The minimum Gasteiger partial charge on any atom is -0.345 e. The molecule has 1 aromatic rings. The maximum Gasteiger partial charge on any atom is 0.253 e. The molecule has 1 fully saturated rings. The summed E-state index contributed by atoms with van der Waals surface area (Å²) in [6, 6.07) is 5.47. The van der Waals surface area contributed by atoms with Gasteiger partial charge in [-0.15, -0.1) is 0 Å². The first-order valence-corrected chi connectivity index (χ1v) is 8.69. The minimum absolute atomic E-state index is 0.0190. The fourth-order valence-electron chi connectivity index (χ4n) is 3.47. The first-order valence-electron chi connectivity index (χ1n) is 8.69. The van der Waals surface area contributed by atoms with Crippen molar-refractivity contribution in [1.82, 2.24) is 4.90 Å². The summed E-state index contributed by atoms with van der Waals surface area (Å²) >= 11 is 0.